The molecule has 2 heterocycles. The van der Waals surface area contributed by atoms with Crippen LogP contribution in [0.1, 0.15) is 37.7 Å². The SMILES string of the molecule is COC1CCC2C(C1)ONC2C1CCN(C(=O)OCc2ccccc2)CC1. The highest BCUT2D eigenvalue weighted by Gasteiger charge is 2.45. The molecule has 148 valence electrons. The summed E-state index contributed by atoms with van der Waals surface area (Å²) in [5.41, 5.74) is 4.33. The Morgan fingerprint density at radius 2 is 1.96 bits per heavy atom. The number of nitrogens with zero attached hydrogens (tertiary/aromatic N) is 1. The zero-order chi connectivity index (χ0) is 18.6. The van der Waals surface area contributed by atoms with Crippen LogP contribution in [-0.4, -0.2) is 49.4 Å². The van der Waals surface area contributed by atoms with Gasteiger partial charge >= 0.3 is 6.09 Å². The molecule has 3 fully saturated rings. The third kappa shape index (κ3) is 4.28. The Morgan fingerprint density at radius 3 is 2.70 bits per heavy atom. The first kappa shape index (κ1) is 18.7. The van der Waals surface area contributed by atoms with Gasteiger partial charge in [-0.15, -0.1) is 0 Å². The average Bonchev–Trinajstić information content (AvgIpc) is 3.16. The molecule has 6 heteroatoms. The monoisotopic (exact) mass is 374 g/mol. The first-order chi connectivity index (χ1) is 13.2. The van der Waals surface area contributed by atoms with Crippen LogP contribution in [0.4, 0.5) is 4.79 Å². The molecule has 1 aromatic carbocycles. The number of hydrogen-bond acceptors (Lipinski definition) is 5. The zero-order valence-corrected chi connectivity index (χ0v) is 16.0. The number of rotatable bonds is 4. The summed E-state index contributed by atoms with van der Waals surface area (Å²) in [5.74, 6) is 1.12. The van der Waals surface area contributed by atoms with Crippen LogP contribution in [0.15, 0.2) is 30.3 Å². The molecule has 0 aromatic heterocycles. The summed E-state index contributed by atoms with van der Waals surface area (Å²) in [6.07, 6.45) is 5.64. The van der Waals surface area contributed by atoms with Crippen molar-refractivity contribution in [3.05, 3.63) is 35.9 Å². The van der Waals surface area contributed by atoms with E-state index in [1.807, 2.05) is 35.2 Å². The maximum atomic E-state index is 12.3. The van der Waals surface area contributed by atoms with Gasteiger partial charge in [0.2, 0.25) is 0 Å². The molecule has 0 radical (unpaired) electrons. The van der Waals surface area contributed by atoms with Gasteiger partial charge in [0.05, 0.1) is 12.2 Å². The number of hydroxylamine groups is 1. The number of methoxy groups -OCH3 is 1. The average molecular weight is 374 g/mol. The number of likely N-dealkylation sites (tertiary alicyclic amines) is 1. The van der Waals surface area contributed by atoms with E-state index >= 15 is 0 Å². The fourth-order valence-electron chi connectivity index (χ4n) is 4.83. The summed E-state index contributed by atoms with van der Waals surface area (Å²) in [6, 6.07) is 10.2. The molecule has 4 atom stereocenters. The summed E-state index contributed by atoms with van der Waals surface area (Å²) < 4.78 is 11.0. The van der Waals surface area contributed by atoms with Gasteiger partial charge < -0.3 is 14.4 Å². The lowest BCUT2D eigenvalue weighted by molar-refractivity contribution is -0.0410. The molecule has 2 saturated heterocycles. The van der Waals surface area contributed by atoms with Gasteiger partial charge in [0.25, 0.3) is 0 Å². The first-order valence-electron chi connectivity index (χ1n) is 10.1. The molecule has 6 nitrogen and oxygen atoms in total. The van der Waals surface area contributed by atoms with E-state index in [9.17, 15) is 4.79 Å². The van der Waals surface area contributed by atoms with Crippen LogP contribution in [0.2, 0.25) is 0 Å². The van der Waals surface area contributed by atoms with Crippen molar-refractivity contribution in [2.45, 2.75) is 57.0 Å². The van der Waals surface area contributed by atoms with Gasteiger partial charge in [-0.25, -0.2) is 4.79 Å². The van der Waals surface area contributed by atoms with Crippen molar-refractivity contribution in [3.8, 4) is 0 Å². The van der Waals surface area contributed by atoms with E-state index in [1.54, 1.807) is 7.11 Å². The molecular weight excluding hydrogens is 344 g/mol. The number of carbonyl (C=O) groups is 1. The number of benzene rings is 1. The number of hydrogen-bond donors (Lipinski definition) is 1. The van der Waals surface area contributed by atoms with Crippen LogP contribution in [0, 0.1) is 11.8 Å². The fraction of sp³-hybridized carbons (Fsp3) is 0.667. The molecule has 1 N–H and O–H groups in total. The van der Waals surface area contributed by atoms with Crippen LogP contribution in [-0.2, 0) is 20.9 Å². The number of amides is 1. The Balaban J connectivity index is 1.24. The van der Waals surface area contributed by atoms with Crippen LogP contribution in [0.25, 0.3) is 0 Å². The predicted octanol–water partition coefficient (Wildman–Crippen LogP) is 3.12. The van der Waals surface area contributed by atoms with E-state index in [0.717, 1.165) is 50.8 Å². The van der Waals surface area contributed by atoms with Crippen LogP contribution in [0.5, 0.6) is 0 Å². The summed E-state index contributed by atoms with van der Waals surface area (Å²) >= 11 is 0. The topological polar surface area (TPSA) is 60.0 Å². The largest absolute Gasteiger partial charge is 0.445 e. The highest BCUT2D eigenvalue weighted by atomic mass is 16.7. The number of carbonyl (C=O) groups excluding carboxylic acids is 1. The second-order valence-electron chi connectivity index (χ2n) is 8.00. The quantitative estimate of drug-likeness (QED) is 0.877. The van der Waals surface area contributed by atoms with Gasteiger partial charge in [0.15, 0.2) is 0 Å². The number of piperidine rings is 1. The molecule has 1 aliphatic carbocycles. The lowest BCUT2D eigenvalue weighted by atomic mass is 9.75. The molecule has 4 rings (SSSR count). The minimum atomic E-state index is -0.202. The van der Waals surface area contributed by atoms with E-state index < -0.39 is 0 Å². The van der Waals surface area contributed by atoms with Crippen molar-refractivity contribution in [2.75, 3.05) is 20.2 Å². The van der Waals surface area contributed by atoms with Gasteiger partial charge in [-0.1, -0.05) is 30.3 Å². The van der Waals surface area contributed by atoms with Crippen LogP contribution >= 0.6 is 0 Å². The minimum Gasteiger partial charge on any atom is -0.445 e. The van der Waals surface area contributed by atoms with Crippen molar-refractivity contribution in [1.29, 1.82) is 0 Å². The van der Waals surface area contributed by atoms with Crippen molar-refractivity contribution >= 4 is 6.09 Å². The molecule has 3 aliphatic rings. The van der Waals surface area contributed by atoms with E-state index in [0.29, 0.717) is 30.6 Å². The molecule has 1 saturated carbocycles. The third-order valence-corrected chi connectivity index (χ3v) is 6.46. The number of fused-ring (bicyclic) bond motifs is 1. The maximum Gasteiger partial charge on any atom is 0.410 e. The number of ether oxygens (including phenoxy) is 2. The lowest BCUT2D eigenvalue weighted by Crippen LogP contribution is -2.46. The van der Waals surface area contributed by atoms with E-state index in [2.05, 4.69) is 5.48 Å². The molecule has 27 heavy (non-hydrogen) atoms. The second-order valence-corrected chi connectivity index (χ2v) is 8.00. The zero-order valence-electron chi connectivity index (χ0n) is 16.0. The van der Waals surface area contributed by atoms with Crippen LogP contribution in [0.3, 0.4) is 0 Å². The fourth-order valence-corrected chi connectivity index (χ4v) is 4.83. The van der Waals surface area contributed by atoms with Gasteiger partial charge in [-0.3, -0.25) is 4.84 Å². The smallest absolute Gasteiger partial charge is 0.410 e. The standard InChI is InChI=1S/C21H30N2O4/c1-25-17-7-8-18-19(13-17)27-22-20(18)16-9-11-23(12-10-16)21(24)26-14-15-5-3-2-4-6-15/h2-6,16-20,22H,7-14H2,1H3. The molecule has 1 aromatic rings. The van der Waals surface area contributed by atoms with Gasteiger partial charge in [-0.2, -0.15) is 5.48 Å². The Kier molecular flexibility index (Phi) is 5.95. The van der Waals surface area contributed by atoms with Crippen molar-refractivity contribution in [1.82, 2.24) is 10.4 Å². The van der Waals surface area contributed by atoms with Crippen molar-refractivity contribution < 1.29 is 19.1 Å². The lowest BCUT2D eigenvalue weighted by Gasteiger charge is -2.37. The molecule has 2 aliphatic heterocycles. The van der Waals surface area contributed by atoms with Crippen LogP contribution < -0.4 is 5.48 Å². The van der Waals surface area contributed by atoms with Gasteiger partial charge in [0.1, 0.15) is 6.61 Å². The Morgan fingerprint density at radius 1 is 1.19 bits per heavy atom. The van der Waals surface area contributed by atoms with E-state index in [1.165, 1.54) is 0 Å². The van der Waals surface area contributed by atoms with E-state index in [-0.39, 0.29) is 12.2 Å². The van der Waals surface area contributed by atoms with E-state index in [4.69, 9.17) is 14.3 Å². The van der Waals surface area contributed by atoms with Crippen molar-refractivity contribution in [2.24, 2.45) is 11.8 Å². The third-order valence-electron chi connectivity index (χ3n) is 6.46. The van der Waals surface area contributed by atoms with Gasteiger partial charge in [-0.05, 0) is 37.2 Å². The molecule has 0 spiro atoms. The highest BCUT2D eigenvalue weighted by molar-refractivity contribution is 5.67. The molecule has 4 unspecified atom stereocenters. The number of nitrogens with one attached hydrogen (secondary N) is 1. The Labute approximate surface area is 161 Å². The molecule has 1 amide bonds. The normalized spacial score (nSPS) is 31.5. The minimum absolute atomic E-state index is 0.202. The summed E-state index contributed by atoms with van der Waals surface area (Å²) in [4.78, 5) is 20.1. The summed E-state index contributed by atoms with van der Waals surface area (Å²) in [7, 11) is 1.79. The Bertz CT molecular complexity index is 618. The predicted molar refractivity (Wildman–Crippen MR) is 101 cm³/mol. The molecule has 0 bridgehead atoms. The first-order valence-corrected chi connectivity index (χ1v) is 10.1. The van der Waals surface area contributed by atoms with Crippen molar-refractivity contribution in [3.63, 3.8) is 0 Å². The summed E-state index contributed by atoms with van der Waals surface area (Å²) in [5, 5.41) is 0. The van der Waals surface area contributed by atoms with Gasteiger partial charge in [0, 0.05) is 38.6 Å². The highest BCUT2D eigenvalue weighted by Crippen LogP contribution is 2.39. The maximum absolute atomic E-state index is 12.3. The molecular formula is C21H30N2O4. The summed E-state index contributed by atoms with van der Waals surface area (Å²) in [6.45, 7) is 1.85. The Hall–Kier alpha value is -1.63. The second kappa shape index (κ2) is 8.59.